The average molecular weight is 123 g/mol. The average Bonchev–Trinajstić information content (AvgIpc) is 1.69. The Morgan fingerprint density at radius 3 is 2.86 bits per heavy atom. The summed E-state index contributed by atoms with van der Waals surface area (Å²) in [5.41, 5.74) is 0. The van der Waals surface area contributed by atoms with Crippen molar-refractivity contribution in [1.82, 2.24) is 5.32 Å². The minimum Gasteiger partial charge on any atom is -0.340 e. The fourth-order valence-electron chi connectivity index (χ4n) is 0.161. The second-order valence-electron chi connectivity index (χ2n) is 0.930. The van der Waals surface area contributed by atoms with Crippen molar-refractivity contribution in [1.29, 1.82) is 0 Å². The van der Waals surface area contributed by atoms with Gasteiger partial charge >= 0.3 is 0 Å². The third-order valence-corrected chi connectivity index (χ3v) is 0.788. The molecule has 0 bridgehead atoms. The third kappa shape index (κ3) is 6.31. The maximum Gasteiger partial charge on any atom is 0.156 e. The Morgan fingerprint density at radius 1 is 1.71 bits per heavy atom. The maximum absolute atomic E-state index is 4.83. The normalized spacial score (nSPS) is 11.1. The highest BCUT2D eigenvalue weighted by Gasteiger charge is 1.76. The summed E-state index contributed by atoms with van der Waals surface area (Å²) in [5, 5.41) is 2.81. The molecule has 0 aromatic heterocycles. The van der Waals surface area contributed by atoms with Crippen molar-refractivity contribution in [3.63, 3.8) is 0 Å². The Hall–Kier alpha value is 0.310. The predicted octanol–water partition coefficient (Wildman–Crippen LogP) is 0.335. The van der Waals surface area contributed by atoms with Gasteiger partial charge < -0.3 is 9.05 Å². The number of rotatable bonds is 4. The first-order chi connectivity index (χ1) is 3.41. The van der Waals surface area contributed by atoms with Crippen LogP contribution in [0.1, 0.15) is 0 Å². The van der Waals surface area contributed by atoms with Gasteiger partial charge in [-0.2, -0.15) is 0 Å². The van der Waals surface area contributed by atoms with Crippen LogP contribution in [-0.4, -0.2) is 20.9 Å². The highest BCUT2D eigenvalue weighted by atomic mass is 31.1. The van der Waals surface area contributed by atoms with Gasteiger partial charge in [-0.1, -0.05) is 0 Å². The number of nitrogens with one attached hydrogen (secondary N) is 1. The molecule has 0 radical (unpaired) electrons. The lowest BCUT2D eigenvalue weighted by atomic mass is 11.2. The summed E-state index contributed by atoms with van der Waals surface area (Å²) >= 11 is 0. The molecule has 4 heteroatoms. The molecule has 44 valence electrons. The van der Waals surface area contributed by atoms with Gasteiger partial charge in [0.2, 0.25) is 0 Å². The van der Waals surface area contributed by atoms with Crippen LogP contribution in [0.25, 0.3) is 0 Å². The smallest absolute Gasteiger partial charge is 0.156 e. The van der Waals surface area contributed by atoms with E-state index in [0.717, 1.165) is 0 Å². The van der Waals surface area contributed by atoms with Crippen LogP contribution >= 0.6 is 9.03 Å². The molecule has 0 fully saturated rings. The van der Waals surface area contributed by atoms with Crippen molar-refractivity contribution in [3.8, 4) is 0 Å². The molecule has 0 aliphatic carbocycles. The van der Waals surface area contributed by atoms with Gasteiger partial charge in [-0.15, -0.1) is 0 Å². The largest absolute Gasteiger partial charge is 0.340 e. The molecule has 0 saturated heterocycles. The minimum atomic E-state index is 0.159. The Kier molecular flexibility index (Phi) is 6.59. The Labute approximate surface area is 45.3 Å². The van der Waals surface area contributed by atoms with E-state index in [4.69, 9.17) is 4.52 Å². The molecule has 1 unspecified atom stereocenters. The molecule has 0 aromatic rings. The second-order valence-corrected chi connectivity index (χ2v) is 1.79. The molecule has 0 aromatic carbocycles. The van der Waals surface area contributed by atoms with Gasteiger partial charge in [0, 0.05) is 7.11 Å². The van der Waals surface area contributed by atoms with E-state index in [1.54, 1.807) is 7.11 Å². The lowest BCUT2D eigenvalue weighted by Crippen LogP contribution is -2.07. The van der Waals surface area contributed by atoms with Crippen molar-refractivity contribution >= 4 is 9.03 Å². The predicted molar refractivity (Wildman–Crippen MR) is 30.3 cm³/mol. The highest BCUT2D eigenvalue weighted by Crippen LogP contribution is 2.08. The molecule has 0 aliphatic heterocycles. The van der Waals surface area contributed by atoms with Crippen LogP contribution in [-0.2, 0) is 9.05 Å². The van der Waals surface area contributed by atoms with Gasteiger partial charge in [0.05, 0.1) is 0 Å². The van der Waals surface area contributed by atoms with E-state index in [0.29, 0.717) is 6.73 Å². The van der Waals surface area contributed by atoms with Crippen LogP contribution in [0.5, 0.6) is 0 Å². The van der Waals surface area contributed by atoms with Gasteiger partial charge in [-0.3, -0.25) is 5.32 Å². The van der Waals surface area contributed by atoms with Crippen molar-refractivity contribution < 1.29 is 9.05 Å². The zero-order valence-electron chi connectivity index (χ0n) is 4.52. The van der Waals surface area contributed by atoms with Gasteiger partial charge in [0.1, 0.15) is 6.73 Å². The van der Waals surface area contributed by atoms with E-state index in [-0.39, 0.29) is 9.03 Å². The maximum atomic E-state index is 4.83. The van der Waals surface area contributed by atoms with E-state index < -0.39 is 0 Å². The number of hydrogen-bond acceptors (Lipinski definition) is 3. The lowest BCUT2D eigenvalue weighted by Gasteiger charge is -1.96. The quantitative estimate of drug-likeness (QED) is 0.332. The fourth-order valence-corrected chi connectivity index (χ4v) is 0.482. The molecule has 3 nitrogen and oxygen atoms in total. The van der Waals surface area contributed by atoms with Gasteiger partial charge in [-0.25, -0.2) is 0 Å². The van der Waals surface area contributed by atoms with Crippen molar-refractivity contribution in [3.05, 3.63) is 0 Å². The molecule has 0 rings (SSSR count). The van der Waals surface area contributed by atoms with E-state index in [2.05, 4.69) is 9.84 Å². The molecular formula is C3H10NO2P. The SMILES string of the molecule is CNCOPOC. The minimum absolute atomic E-state index is 0.159. The fraction of sp³-hybridized carbons (Fsp3) is 1.00. The lowest BCUT2D eigenvalue weighted by molar-refractivity contribution is 0.285. The first-order valence-corrected chi connectivity index (χ1v) is 2.78. The Morgan fingerprint density at radius 2 is 2.43 bits per heavy atom. The van der Waals surface area contributed by atoms with Gasteiger partial charge in [0.25, 0.3) is 0 Å². The van der Waals surface area contributed by atoms with Crippen molar-refractivity contribution in [2.24, 2.45) is 0 Å². The van der Waals surface area contributed by atoms with Crippen molar-refractivity contribution in [2.75, 3.05) is 20.9 Å². The van der Waals surface area contributed by atoms with Gasteiger partial charge in [-0.05, 0) is 7.05 Å². The van der Waals surface area contributed by atoms with Gasteiger partial charge in [0.15, 0.2) is 9.03 Å². The van der Waals surface area contributed by atoms with E-state index in [9.17, 15) is 0 Å². The zero-order valence-corrected chi connectivity index (χ0v) is 5.52. The summed E-state index contributed by atoms with van der Waals surface area (Å²) in [6.07, 6.45) is 0. The second kappa shape index (κ2) is 6.31. The van der Waals surface area contributed by atoms with Crippen LogP contribution in [0.4, 0.5) is 0 Å². The molecule has 0 amide bonds. The van der Waals surface area contributed by atoms with Crippen LogP contribution < -0.4 is 5.32 Å². The molecule has 7 heavy (non-hydrogen) atoms. The summed E-state index contributed by atoms with van der Waals surface area (Å²) in [4.78, 5) is 0. The molecular weight excluding hydrogens is 113 g/mol. The summed E-state index contributed by atoms with van der Waals surface area (Å²) in [5.74, 6) is 0. The molecule has 1 atom stereocenters. The molecule has 0 heterocycles. The Bertz CT molecular complexity index is 32.1. The zero-order chi connectivity index (χ0) is 5.54. The standard InChI is InChI=1S/C3H10NO2P/c1-4-3-6-7-5-2/h4,7H,3H2,1-2H3. The summed E-state index contributed by atoms with van der Waals surface area (Å²) < 4.78 is 9.44. The van der Waals surface area contributed by atoms with E-state index in [1.165, 1.54) is 0 Å². The molecule has 1 N–H and O–H groups in total. The first-order valence-electron chi connectivity index (χ1n) is 1.96. The first kappa shape index (κ1) is 7.31. The van der Waals surface area contributed by atoms with Crippen molar-refractivity contribution in [2.45, 2.75) is 0 Å². The number of hydrogen-bond donors (Lipinski definition) is 1. The Balaban J connectivity index is 2.45. The molecule has 0 aliphatic rings. The molecule has 0 spiro atoms. The van der Waals surface area contributed by atoms with Crippen LogP contribution in [0, 0.1) is 0 Å². The van der Waals surface area contributed by atoms with E-state index in [1.807, 2.05) is 7.05 Å². The van der Waals surface area contributed by atoms with Crippen LogP contribution in [0.15, 0.2) is 0 Å². The summed E-state index contributed by atoms with van der Waals surface area (Å²) in [6.45, 7) is 0.562. The summed E-state index contributed by atoms with van der Waals surface area (Å²) in [6, 6.07) is 0. The summed E-state index contributed by atoms with van der Waals surface area (Å²) in [7, 11) is 3.58. The van der Waals surface area contributed by atoms with E-state index >= 15 is 0 Å². The van der Waals surface area contributed by atoms with Crippen LogP contribution in [0.2, 0.25) is 0 Å². The third-order valence-electron chi connectivity index (χ3n) is 0.359. The highest BCUT2D eigenvalue weighted by molar-refractivity contribution is 7.26. The topological polar surface area (TPSA) is 30.5 Å². The van der Waals surface area contributed by atoms with Crippen LogP contribution in [0.3, 0.4) is 0 Å². The monoisotopic (exact) mass is 123 g/mol. The molecule has 0 saturated carbocycles.